The summed E-state index contributed by atoms with van der Waals surface area (Å²) in [6.45, 7) is 7.23. The molecule has 0 aliphatic rings. The molecule has 2 aromatic carbocycles. The van der Waals surface area contributed by atoms with Crippen LogP contribution in [-0.2, 0) is 0 Å². The molecule has 0 heterocycles. The van der Waals surface area contributed by atoms with Gasteiger partial charge in [0.15, 0.2) is 11.6 Å². The Hall–Kier alpha value is -2.03. The van der Waals surface area contributed by atoms with E-state index in [9.17, 15) is 4.39 Å². The molecule has 0 spiro atoms. The van der Waals surface area contributed by atoms with Crippen LogP contribution in [0.15, 0.2) is 42.5 Å². The topological polar surface area (TPSA) is 18.5 Å². The van der Waals surface area contributed by atoms with E-state index in [1.54, 1.807) is 12.1 Å². The van der Waals surface area contributed by atoms with Crippen molar-refractivity contribution >= 4 is 0 Å². The summed E-state index contributed by atoms with van der Waals surface area (Å²) in [4.78, 5) is 0. The minimum absolute atomic E-state index is 0.0275. The second-order valence-corrected chi connectivity index (χ2v) is 9.27. The van der Waals surface area contributed by atoms with E-state index in [4.69, 9.17) is 9.47 Å². The molecule has 2 aromatic rings. The Balaban J connectivity index is 1.73. The van der Waals surface area contributed by atoms with E-state index >= 15 is 0 Å². The molecule has 2 rings (SSSR count). The average Bonchev–Trinajstić information content (AvgIpc) is 2.82. The first kappa shape index (κ1) is 27.2. The van der Waals surface area contributed by atoms with E-state index in [-0.39, 0.29) is 11.9 Å². The molecule has 0 aliphatic carbocycles. The number of hydrogen-bond acceptors (Lipinski definition) is 2. The van der Waals surface area contributed by atoms with Gasteiger partial charge in [-0.3, -0.25) is 0 Å². The van der Waals surface area contributed by atoms with Gasteiger partial charge in [-0.05, 0) is 61.6 Å². The zero-order valence-electron chi connectivity index (χ0n) is 21.2. The van der Waals surface area contributed by atoms with Crippen molar-refractivity contribution in [3.05, 3.63) is 48.3 Å². The molecule has 33 heavy (non-hydrogen) atoms. The highest BCUT2D eigenvalue weighted by atomic mass is 19.1. The third-order valence-corrected chi connectivity index (χ3v) is 6.18. The van der Waals surface area contributed by atoms with Crippen LogP contribution in [0, 0.1) is 5.82 Å². The van der Waals surface area contributed by atoms with E-state index in [0.29, 0.717) is 5.75 Å². The number of benzene rings is 2. The average molecular weight is 457 g/mol. The molecular weight excluding hydrogens is 411 g/mol. The molecule has 0 N–H and O–H groups in total. The maximum absolute atomic E-state index is 14.6. The van der Waals surface area contributed by atoms with Crippen LogP contribution in [0.25, 0.3) is 11.1 Å². The molecule has 2 nitrogen and oxygen atoms in total. The summed E-state index contributed by atoms with van der Waals surface area (Å²) in [6.07, 6.45) is 16.2. The molecule has 0 saturated heterocycles. The van der Waals surface area contributed by atoms with Crippen LogP contribution in [0.1, 0.15) is 104 Å². The zero-order chi connectivity index (χ0) is 23.7. The number of hydrogen-bond donors (Lipinski definition) is 0. The van der Waals surface area contributed by atoms with Crippen LogP contribution in [0.2, 0.25) is 0 Å². The fraction of sp³-hybridized carbons (Fsp3) is 0.600. The normalized spacial score (nSPS) is 12.0. The highest BCUT2D eigenvalue weighted by Crippen LogP contribution is 2.28. The lowest BCUT2D eigenvalue weighted by atomic mass is 10.1. The van der Waals surface area contributed by atoms with Crippen LogP contribution in [0.3, 0.4) is 0 Å². The number of rotatable bonds is 18. The third kappa shape index (κ3) is 11.1. The van der Waals surface area contributed by atoms with Gasteiger partial charge >= 0.3 is 0 Å². The standard InChI is InChI=1S/C30H45FO2/c1-4-6-8-10-11-12-13-15-23-32-28-20-17-26(18-21-28)27-19-22-30(29(31)24-27)33-25(3)16-14-9-7-5-2/h17-22,24-25H,4-16,23H2,1-3H3/t25-/m0/s1. The summed E-state index contributed by atoms with van der Waals surface area (Å²) in [5, 5.41) is 0. The Morgan fingerprint density at radius 1 is 0.697 bits per heavy atom. The predicted octanol–water partition coefficient (Wildman–Crippen LogP) is 9.75. The first-order valence-corrected chi connectivity index (χ1v) is 13.3. The molecule has 184 valence electrons. The van der Waals surface area contributed by atoms with Crippen LogP contribution < -0.4 is 9.47 Å². The van der Waals surface area contributed by atoms with E-state index in [1.807, 2.05) is 37.3 Å². The molecule has 3 heteroatoms. The largest absolute Gasteiger partial charge is 0.494 e. The van der Waals surface area contributed by atoms with Crippen molar-refractivity contribution in [2.75, 3.05) is 6.61 Å². The molecular formula is C30H45FO2. The van der Waals surface area contributed by atoms with Gasteiger partial charge in [-0.2, -0.15) is 0 Å². The highest BCUT2D eigenvalue weighted by Gasteiger charge is 2.10. The van der Waals surface area contributed by atoms with E-state index in [2.05, 4.69) is 13.8 Å². The van der Waals surface area contributed by atoms with Crippen molar-refractivity contribution in [3.63, 3.8) is 0 Å². The Labute approximate surface area is 201 Å². The maximum Gasteiger partial charge on any atom is 0.165 e. The van der Waals surface area contributed by atoms with Gasteiger partial charge in [-0.15, -0.1) is 0 Å². The molecule has 0 radical (unpaired) electrons. The minimum Gasteiger partial charge on any atom is -0.494 e. The Kier molecular flexibility index (Phi) is 13.7. The number of unbranched alkanes of at least 4 members (excludes halogenated alkanes) is 10. The second kappa shape index (κ2) is 16.6. The van der Waals surface area contributed by atoms with Gasteiger partial charge in [0.2, 0.25) is 0 Å². The van der Waals surface area contributed by atoms with Crippen molar-refractivity contribution in [1.82, 2.24) is 0 Å². The lowest BCUT2D eigenvalue weighted by molar-refractivity contribution is 0.197. The lowest BCUT2D eigenvalue weighted by Gasteiger charge is -2.16. The van der Waals surface area contributed by atoms with Gasteiger partial charge in [0.1, 0.15) is 5.75 Å². The van der Waals surface area contributed by atoms with Gasteiger partial charge in [-0.1, -0.05) is 96.3 Å². The van der Waals surface area contributed by atoms with Crippen LogP contribution in [0.5, 0.6) is 11.5 Å². The first-order valence-electron chi connectivity index (χ1n) is 13.3. The summed E-state index contributed by atoms with van der Waals surface area (Å²) >= 11 is 0. The van der Waals surface area contributed by atoms with Crippen LogP contribution in [-0.4, -0.2) is 12.7 Å². The van der Waals surface area contributed by atoms with Crippen molar-refractivity contribution in [2.45, 2.75) is 110 Å². The number of halogens is 1. The Bertz CT molecular complexity index is 756. The molecule has 0 aromatic heterocycles. The van der Waals surface area contributed by atoms with Crippen molar-refractivity contribution in [2.24, 2.45) is 0 Å². The SMILES string of the molecule is CCCCCCCCCCOc1ccc(-c2ccc(O[C@@H](C)CCCCCC)c(F)c2)cc1. The fourth-order valence-electron chi connectivity index (χ4n) is 4.08. The van der Waals surface area contributed by atoms with E-state index < -0.39 is 0 Å². The molecule has 0 saturated carbocycles. The molecule has 0 aliphatic heterocycles. The number of ether oxygens (including phenoxy) is 2. The quantitative estimate of drug-likeness (QED) is 0.208. The van der Waals surface area contributed by atoms with E-state index in [1.165, 1.54) is 64.2 Å². The summed E-state index contributed by atoms with van der Waals surface area (Å²) < 4.78 is 26.3. The van der Waals surface area contributed by atoms with Crippen molar-refractivity contribution in [1.29, 1.82) is 0 Å². The van der Waals surface area contributed by atoms with Crippen molar-refractivity contribution in [3.8, 4) is 22.6 Å². The van der Waals surface area contributed by atoms with Gasteiger partial charge in [-0.25, -0.2) is 4.39 Å². The summed E-state index contributed by atoms with van der Waals surface area (Å²) in [6, 6.07) is 13.2. The highest BCUT2D eigenvalue weighted by molar-refractivity contribution is 5.65. The lowest BCUT2D eigenvalue weighted by Crippen LogP contribution is -2.12. The fourth-order valence-corrected chi connectivity index (χ4v) is 4.08. The maximum atomic E-state index is 14.6. The van der Waals surface area contributed by atoms with Crippen molar-refractivity contribution < 1.29 is 13.9 Å². The van der Waals surface area contributed by atoms with E-state index in [0.717, 1.165) is 42.7 Å². The Morgan fingerprint density at radius 3 is 1.91 bits per heavy atom. The first-order chi connectivity index (χ1) is 16.1. The third-order valence-electron chi connectivity index (χ3n) is 6.18. The predicted molar refractivity (Wildman–Crippen MR) is 139 cm³/mol. The van der Waals surface area contributed by atoms with Crippen LogP contribution in [0.4, 0.5) is 4.39 Å². The van der Waals surface area contributed by atoms with Gasteiger partial charge in [0.25, 0.3) is 0 Å². The summed E-state index contributed by atoms with van der Waals surface area (Å²) in [5.74, 6) is 0.911. The summed E-state index contributed by atoms with van der Waals surface area (Å²) in [7, 11) is 0. The van der Waals surface area contributed by atoms with Crippen LogP contribution >= 0.6 is 0 Å². The second-order valence-electron chi connectivity index (χ2n) is 9.27. The molecule has 0 fully saturated rings. The van der Waals surface area contributed by atoms with Gasteiger partial charge in [0, 0.05) is 0 Å². The zero-order valence-corrected chi connectivity index (χ0v) is 21.2. The smallest absolute Gasteiger partial charge is 0.165 e. The molecule has 0 unspecified atom stereocenters. The molecule has 0 bridgehead atoms. The van der Waals surface area contributed by atoms with Gasteiger partial charge < -0.3 is 9.47 Å². The minimum atomic E-state index is -0.303. The monoisotopic (exact) mass is 456 g/mol. The molecule has 1 atom stereocenters. The Morgan fingerprint density at radius 2 is 1.27 bits per heavy atom. The molecule has 0 amide bonds. The van der Waals surface area contributed by atoms with Gasteiger partial charge in [0.05, 0.1) is 12.7 Å². The summed E-state index contributed by atoms with van der Waals surface area (Å²) in [5.41, 5.74) is 1.83.